The SMILES string of the molecule is CC(=O)c1ccc([N+](=O)[O-])cn1.CC(C)S(=O)(=O)c1ccc(C(=O)O)nc1. The Morgan fingerprint density at radius 1 is 1.07 bits per heavy atom. The average molecular weight is 395 g/mol. The fourth-order valence-corrected chi connectivity index (χ4v) is 2.65. The molecule has 0 aliphatic carbocycles. The Hall–Kier alpha value is -3.21. The number of aromatic carboxylic acids is 1. The molecule has 2 heterocycles. The summed E-state index contributed by atoms with van der Waals surface area (Å²) in [6, 6.07) is 5.02. The highest BCUT2D eigenvalue weighted by molar-refractivity contribution is 7.92. The van der Waals surface area contributed by atoms with Crippen molar-refractivity contribution in [3.8, 4) is 0 Å². The zero-order valence-electron chi connectivity index (χ0n) is 14.7. The van der Waals surface area contributed by atoms with Crippen molar-refractivity contribution in [2.75, 3.05) is 0 Å². The molecule has 0 radical (unpaired) electrons. The van der Waals surface area contributed by atoms with Crippen LogP contribution in [0.5, 0.6) is 0 Å². The van der Waals surface area contributed by atoms with Gasteiger partial charge in [-0.15, -0.1) is 0 Å². The molecule has 1 N–H and O–H groups in total. The Morgan fingerprint density at radius 3 is 1.96 bits per heavy atom. The van der Waals surface area contributed by atoms with Gasteiger partial charge in [-0.3, -0.25) is 14.9 Å². The first-order valence-electron chi connectivity index (χ1n) is 7.51. The van der Waals surface area contributed by atoms with Crippen LogP contribution in [0, 0.1) is 10.1 Å². The smallest absolute Gasteiger partial charge is 0.354 e. The van der Waals surface area contributed by atoms with E-state index < -0.39 is 26.0 Å². The predicted molar refractivity (Wildman–Crippen MR) is 94.4 cm³/mol. The van der Waals surface area contributed by atoms with Crippen molar-refractivity contribution in [2.45, 2.75) is 30.9 Å². The maximum atomic E-state index is 11.6. The van der Waals surface area contributed by atoms with Crippen LogP contribution in [0.25, 0.3) is 0 Å². The Labute approximate surface area is 155 Å². The molecule has 0 bridgehead atoms. The van der Waals surface area contributed by atoms with E-state index in [0.717, 1.165) is 12.4 Å². The first-order valence-corrected chi connectivity index (χ1v) is 9.06. The Kier molecular flexibility index (Phi) is 7.23. The third kappa shape index (κ3) is 5.92. The number of carboxylic acid groups (broad SMARTS) is 1. The lowest BCUT2D eigenvalue weighted by Gasteiger charge is -2.06. The van der Waals surface area contributed by atoms with Crippen LogP contribution in [-0.2, 0) is 9.84 Å². The van der Waals surface area contributed by atoms with Gasteiger partial charge >= 0.3 is 5.97 Å². The minimum atomic E-state index is -3.37. The number of hydrogen-bond donors (Lipinski definition) is 1. The number of carbonyl (C=O) groups is 2. The van der Waals surface area contributed by atoms with Gasteiger partial charge < -0.3 is 5.11 Å². The number of carboxylic acids is 1. The number of nitro groups is 1. The molecule has 27 heavy (non-hydrogen) atoms. The molecule has 0 saturated carbocycles. The highest BCUT2D eigenvalue weighted by Gasteiger charge is 2.19. The Balaban J connectivity index is 0.000000277. The van der Waals surface area contributed by atoms with Gasteiger partial charge in [-0.25, -0.2) is 23.2 Å². The quantitative estimate of drug-likeness (QED) is 0.455. The van der Waals surface area contributed by atoms with Gasteiger partial charge in [0.2, 0.25) is 0 Å². The third-order valence-electron chi connectivity index (χ3n) is 3.22. The van der Waals surface area contributed by atoms with Gasteiger partial charge in [0, 0.05) is 19.2 Å². The monoisotopic (exact) mass is 395 g/mol. The standard InChI is InChI=1S/C9H11NO4S.C7H6N2O3/c1-6(2)15(13,14)7-3-4-8(9(11)12)10-5-7;1-5(10)7-3-2-6(4-8-7)9(11)12/h3-6H,1-2H3,(H,11,12);2-4H,1H3. The topological polar surface area (TPSA) is 157 Å². The van der Waals surface area contributed by atoms with Gasteiger partial charge in [0.1, 0.15) is 17.6 Å². The summed E-state index contributed by atoms with van der Waals surface area (Å²) in [5, 5.41) is 18.2. The van der Waals surface area contributed by atoms with Crippen LogP contribution in [0.4, 0.5) is 5.69 Å². The third-order valence-corrected chi connectivity index (χ3v) is 5.36. The summed E-state index contributed by atoms with van der Waals surface area (Å²) in [6.45, 7) is 4.47. The molecule has 0 spiro atoms. The summed E-state index contributed by atoms with van der Waals surface area (Å²) in [7, 11) is -3.37. The zero-order chi connectivity index (χ0) is 20.8. The highest BCUT2D eigenvalue weighted by Crippen LogP contribution is 2.14. The summed E-state index contributed by atoms with van der Waals surface area (Å²) < 4.78 is 23.3. The van der Waals surface area contributed by atoms with E-state index in [1.165, 1.54) is 31.2 Å². The fraction of sp³-hybridized carbons (Fsp3) is 0.250. The molecule has 0 aliphatic rings. The molecule has 0 aliphatic heterocycles. The molecule has 2 aromatic heterocycles. The fourth-order valence-electron chi connectivity index (χ4n) is 1.65. The van der Waals surface area contributed by atoms with Crippen molar-refractivity contribution in [1.29, 1.82) is 0 Å². The number of sulfone groups is 1. The number of ketones is 1. The van der Waals surface area contributed by atoms with Crippen LogP contribution in [0.1, 0.15) is 41.7 Å². The molecule has 11 heteroatoms. The van der Waals surface area contributed by atoms with Crippen molar-refractivity contribution in [3.63, 3.8) is 0 Å². The van der Waals surface area contributed by atoms with E-state index in [-0.39, 0.29) is 27.8 Å². The van der Waals surface area contributed by atoms with Gasteiger partial charge in [-0.1, -0.05) is 0 Å². The van der Waals surface area contributed by atoms with Crippen LogP contribution in [0.15, 0.2) is 41.6 Å². The van der Waals surface area contributed by atoms with Crippen LogP contribution >= 0.6 is 0 Å². The Morgan fingerprint density at radius 2 is 1.63 bits per heavy atom. The molecule has 0 unspecified atom stereocenters. The second-order valence-electron chi connectivity index (χ2n) is 5.49. The number of hydrogen-bond acceptors (Lipinski definition) is 8. The molecule has 2 aromatic rings. The number of Topliss-reactive ketones (excluding diaryl/α,β-unsaturated/α-hetero) is 1. The van der Waals surface area contributed by atoms with Crippen molar-refractivity contribution in [1.82, 2.24) is 9.97 Å². The molecule has 0 amide bonds. The maximum Gasteiger partial charge on any atom is 0.354 e. The van der Waals surface area contributed by atoms with Crippen LogP contribution in [0.2, 0.25) is 0 Å². The van der Waals surface area contributed by atoms with E-state index in [9.17, 15) is 28.1 Å². The summed E-state index contributed by atoms with van der Waals surface area (Å²) >= 11 is 0. The number of aromatic nitrogens is 2. The first-order chi connectivity index (χ1) is 12.5. The molecule has 0 atom stereocenters. The van der Waals surface area contributed by atoms with E-state index in [0.29, 0.717) is 0 Å². The van der Waals surface area contributed by atoms with Crippen LogP contribution in [-0.4, -0.2) is 45.4 Å². The van der Waals surface area contributed by atoms with E-state index in [1.807, 2.05) is 0 Å². The largest absolute Gasteiger partial charge is 0.477 e. The average Bonchev–Trinajstić information content (AvgIpc) is 2.62. The first kappa shape index (κ1) is 21.8. The molecule has 0 saturated heterocycles. The molecule has 2 rings (SSSR count). The van der Waals surface area contributed by atoms with Crippen LogP contribution in [0.3, 0.4) is 0 Å². The van der Waals surface area contributed by atoms with E-state index in [1.54, 1.807) is 13.8 Å². The van der Waals surface area contributed by atoms with Gasteiger partial charge in [0.05, 0.1) is 15.1 Å². The van der Waals surface area contributed by atoms with Crippen molar-refractivity contribution < 1.29 is 28.0 Å². The number of pyridine rings is 2. The number of nitrogens with zero attached hydrogens (tertiary/aromatic N) is 3. The minimum Gasteiger partial charge on any atom is -0.477 e. The number of carbonyl (C=O) groups excluding carboxylic acids is 1. The Bertz CT molecular complexity index is 904. The second-order valence-corrected chi connectivity index (χ2v) is 8.00. The van der Waals surface area contributed by atoms with Crippen LogP contribution < -0.4 is 0 Å². The maximum absolute atomic E-state index is 11.6. The van der Waals surface area contributed by atoms with Gasteiger partial charge in [-0.2, -0.15) is 0 Å². The predicted octanol–water partition coefficient (Wildman–Crippen LogP) is 2.15. The molecular formula is C16H17N3O7S. The van der Waals surface area contributed by atoms with Gasteiger partial charge in [0.25, 0.3) is 5.69 Å². The molecule has 0 fully saturated rings. The van der Waals surface area contributed by atoms with E-state index >= 15 is 0 Å². The normalized spacial score (nSPS) is 10.7. The highest BCUT2D eigenvalue weighted by atomic mass is 32.2. The van der Waals surface area contributed by atoms with Crippen molar-refractivity contribution in [3.05, 3.63) is 58.2 Å². The molecule has 144 valence electrons. The molecule has 0 aromatic carbocycles. The van der Waals surface area contributed by atoms with Crippen molar-refractivity contribution >= 4 is 27.3 Å². The second kappa shape index (κ2) is 8.94. The van der Waals surface area contributed by atoms with Gasteiger partial charge in [-0.05, 0) is 32.0 Å². The zero-order valence-corrected chi connectivity index (χ0v) is 15.5. The van der Waals surface area contributed by atoms with E-state index in [2.05, 4.69) is 9.97 Å². The number of rotatable bonds is 5. The lowest BCUT2D eigenvalue weighted by atomic mass is 10.3. The molecule has 10 nitrogen and oxygen atoms in total. The van der Waals surface area contributed by atoms with Crippen molar-refractivity contribution in [2.24, 2.45) is 0 Å². The minimum absolute atomic E-state index is 0.0440. The summed E-state index contributed by atoms with van der Waals surface area (Å²) in [6.07, 6.45) is 2.13. The summed E-state index contributed by atoms with van der Waals surface area (Å²) in [5.41, 5.74) is -0.0432. The molecular weight excluding hydrogens is 378 g/mol. The lowest BCUT2D eigenvalue weighted by molar-refractivity contribution is -0.385. The summed E-state index contributed by atoms with van der Waals surface area (Å²) in [5.74, 6) is -1.38. The van der Waals surface area contributed by atoms with E-state index in [4.69, 9.17) is 5.11 Å². The van der Waals surface area contributed by atoms with Gasteiger partial charge in [0.15, 0.2) is 15.6 Å². The summed E-state index contributed by atoms with van der Waals surface area (Å²) in [4.78, 5) is 38.0. The lowest BCUT2D eigenvalue weighted by Crippen LogP contribution is -2.14.